The second kappa shape index (κ2) is 9.53. The third-order valence-electron chi connectivity index (χ3n) is 4.91. The zero-order chi connectivity index (χ0) is 17.8. The summed E-state index contributed by atoms with van der Waals surface area (Å²) in [4.78, 5) is 26.3. The van der Waals surface area contributed by atoms with Gasteiger partial charge in [0.25, 0.3) is 5.91 Å². The maximum atomic E-state index is 13.9. The van der Waals surface area contributed by atoms with Crippen molar-refractivity contribution in [2.75, 3.05) is 26.2 Å². The van der Waals surface area contributed by atoms with Gasteiger partial charge in [-0.3, -0.25) is 9.59 Å². The Hall–Kier alpha value is -1.37. The number of hydrogen-bond donors (Lipinski definition) is 2. The highest BCUT2D eigenvalue weighted by atomic mass is 35.5. The third-order valence-corrected chi connectivity index (χ3v) is 5.14. The summed E-state index contributed by atoms with van der Waals surface area (Å²) in [6, 6.07) is 3.92. The van der Waals surface area contributed by atoms with E-state index in [1.54, 1.807) is 4.90 Å². The summed E-state index contributed by atoms with van der Waals surface area (Å²) in [5.74, 6) is -0.683. The molecule has 2 fully saturated rings. The van der Waals surface area contributed by atoms with Crippen molar-refractivity contribution in [3.8, 4) is 0 Å². The van der Waals surface area contributed by atoms with Crippen LogP contribution in [0.25, 0.3) is 0 Å². The van der Waals surface area contributed by atoms with Crippen molar-refractivity contribution >= 4 is 35.8 Å². The van der Waals surface area contributed by atoms with Crippen molar-refractivity contribution in [3.63, 3.8) is 0 Å². The maximum absolute atomic E-state index is 13.9. The van der Waals surface area contributed by atoms with Crippen molar-refractivity contribution in [1.29, 1.82) is 0 Å². The predicted octanol–water partition coefficient (Wildman–Crippen LogP) is 2.62. The summed E-state index contributed by atoms with van der Waals surface area (Å²) in [6.45, 7) is 2.54. The molecule has 2 N–H and O–H groups in total. The average Bonchev–Trinajstić information content (AvgIpc) is 3.16. The summed E-state index contributed by atoms with van der Waals surface area (Å²) in [6.07, 6.45) is 3.68. The highest BCUT2D eigenvalue weighted by molar-refractivity contribution is 6.31. The highest BCUT2D eigenvalue weighted by Gasteiger charge is 2.28. The van der Waals surface area contributed by atoms with Gasteiger partial charge in [-0.05, 0) is 56.3 Å². The normalized spacial score (nSPS) is 22.6. The molecule has 26 heavy (non-hydrogen) atoms. The molecule has 2 saturated heterocycles. The number of hydrogen-bond acceptors (Lipinski definition) is 3. The van der Waals surface area contributed by atoms with Crippen LogP contribution in [0.15, 0.2) is 18.2 Å². The fourth-order valence-corrected chi connectivity index (χ4v) is 3.70. The van der Waals surface area contributed by atoms with Crippen LogP contribution >= 0.6 is 24.0 Å². The van der Waals surface area contributed by atoms with Gasteiger partial charge in [0.05, 0.1) is 11.6 Å². The monoisotopic (exact) mass is 403 g/mol. The molecule has 2 atom stereocenters. The number of halogens is 3. The average molecular weight is 404 g/mol. The minimum atomic E-state index is -0.558. The van der Waals surface area contributed by atoms with Gasteiger partial charge >= 0.3 is 0 Å². The first-order valence-corrected chi connectivity index (χ1v) is 9.18. The van der Waals surface area contributed by atoms with Gasteiger partial charge in [-0.15, -0.1) is 12.4 Å². The molecule has 0 bridgehead atoms. The van der Waals surface area contributed by atoms with Crippen LogP contribution in [0.4, 0.5) is 4.39 Å². The molecule has 0 radical (unpaired) electrons. The number of carbonyl (C=O) groups is 2. The minimum absolute atomic E-state index is 0. The van der Waals surface area contributed by atoms with Crippen LogP contribution in [0.2, 0.25) is 5.02 Å². The zero-order valence-corrected chi connectivity index (χ0v) is 16.0. The molecular formula is C18H24Cl2FN3O2. The lowest BCUT2D eigenvalue weighted by molar-refractivity contribution is -0.123. The quantitative estimate of drug-likeness (QED) is 0.811. The van der Waals surface area contributed by atoms with Gasteiger partial charge in [-0.2, -0.15) is 0 Å². The molecule has 2 unspecified atom stereocenters. The number of benzene rings is 1. The summed E-state index contributed by atoms with van der Waals surface area (Å²) < 4.78 is 13.9. The van der Waals surface area contributed by atoms with Crippen LogP contribution in [-0.4, -0.2) is 48.9 Å². The topological polar surface area (TPSA) is 61.4 Å². The smallest absolute Gasteiger partial charge is 0.256 e. The number of carbonyl (C=O) groups excluding carboxylic acids is 2. The van der Waals surface area contributed by atoms with Crippen LogP contribution in [0.1, 0.15) is 36.0 Å². The summed E-state index contributed by atoms with van der Waals surface area (Å²) in [7, 11) is 0. The molecule has 2 amide bonds. The Labute approximate surface area is 164 Å². The second-order valence-corrected chi connectivity index (χ2v) is 7.21. The number of amides is 2. The number of nitrogens with zero attached hydrogens (tertiary/aromatic N) is 1. The minimum Gasteiger partial charge on any atom is -0.354 e. The van der Waals surface area contributed by atoms with Crippen molar-refractivity contribution in [3.05, 3.63) is 34.6 Å². The van der Waals surface area contributed by atoms with Crippen molar-refractivity contribution < 1.29 is 14.0 Å². The molecule has 3 rings (SSSR count). The molecule has 2 aliphatic heterocycles. The molecule has 0 saturated carbocycles. The number of rotatable bonds is 4. The van der Waals surface area contributed by atoms with E-state index in [1.165, 1.54) is 18.2 Å². The molecule has 8 heteroatoms. The molecule has 144 valence electrons. The van der Waals surface area contributed by atoms with Gasteiger partial charge < -0.3 is 15.5 Å². The SMILES string of the molecule is Cl.O=C(NCC1CCCN(C(=O)c2cc(Cl)ccc2F)C1)C1CCCN1. The van der Waals surface area contributed by atoms with E-state index < -0.39 is 5.82 Å². The summed E-state index contributed by atoms with van der Waals surface area (Å²) in [5.41, 5.74) is 0.00680. The van der Waals surface area contributed by atoms with E-state index in [0.717, 1.165) is 32.2 Å². The van der Waals surface area contributed by atoms with E-state index >= 15 is 0 Å². The first kappa shape index (κ1) is 20.9. The molecule has 2 aliphatic rings. The van der Waals surface area contributed by atoms with E-state index in [1.807, 2.05) is 0 Å². The lowest BCUT2D eigenvalue weighted by Gasteiger charge is -2.33. The van der Waals surface area contributed by atoms with E-state index in [-0.39, 0.29) is 41.7 Å². The van der Waals surface area contributed by atoms with Crippen LogP contribution in [0.5, 0.6) is 0 Å². The molecule has 5 nitrogen and oxygen atoms in total. The van der Waals surface area contributed by atoms with Gasteiger partial charge in [0.15, 0.2) is 0 Å². The van der Waals surface area contributed by atoms with Gasteiger partial charge in [0.1, 0.15) is 5.82 Å². The van der Waals surface area contributed by atoms with E-state index in [0.29, 0.717) is 24.7 Å². The predicted molar refractivity (Wildman–Crippen MR) is 101 cm³/mol. The van der Waals surface area contributed by atoms with Crippen LogP contribution < -0.4 is 10.6 Å². The first-order chi connectivity index (χ1) is 12.0. The lowest BCUT2D eigenvalue weighted by atomic mass is 9.97. The van der Waals surface area contributed by atoms with E-state index in [4.69, 9.17) is 11.6 Å². The van der Waals surface area contributed by atoms with Crippen LogP contribution in [0, 0.1) is 11.7 Å². The van der Waals surface area contributed by atoms with E-state index in [9.17, 15) is 14.0 Å². The zero-order valence-electron chi connectivity index (χ0n) is 14.5. The molecule has 1 aromatic carbocycles. The molecule has 2 heterocycles. The Kier molecular flexibility index (Phi) is 7.68. The Morgan fingerprint density at radius 3 is 2.85 bits per heavy atom. The Bertz CT molecular complexity index is 653. The van der Waals surface area contributed by atoms with Crippen molar-refractivity contribution in [1.82, 2.24) is 15.5 Å². The first-order valence-electron chi connectivity index (χ1n) is 8.80. The lowest BCUT2D eigenvalue weighted by Crippen LogP contribution is -2.46. The van der Waals surface area contributed by atoms with Crippen LogP contribution in [0.3, 0.4) is 0 Å². The van der Waals surface area contributed by atoms with Crippen LogP contribution in [-0.2, 0) is 4.79 Å². The fourth-order valence-electron chi connectivity index (χ4n) is 3.52. The van der Waals surface area contributed by atoms with Gasteiger partial charge in [-0.25, -0.2) is 4.39 Å². The number of likely N-dealkylation sites (tertiary alicyclic amines) is 1. The Morgan fingerprint density at radius 1 is 1.31 bits per heavy atom. The summed E-state index contributed by atoms with van der Waals surface area (Å²) >= 11 is 5.88. The van der Waals surface area contributed by atoms with E-state index in [2.05, 4.69) is 10.6 Å². The second-order valence-electron chi connectivity index (χ2n) is 6.78. The molecule has 0 aromatic heterocycles. The van der Waals surface area contributed by atoms with Gasteiger partial charge in [0.2, 0.25) is 5.91 Å². The molecule has 0 spiro atoms. The molecular weight excluding hydrogens is 380 g/mol. The largest absolute Gasteiger partial charge is 0.354 e. The fraction of sp³-hybridized carbons (Fsp3) is 0.556. The summed E-state index contributed by atoms with van der Waals surface area (Å²) in [5, 5.41) is 6.50. The van der Waals surface area contributed by atoms with Gasteiger partial charge in [-0.1, -0.05) is 11.6 Å². The van der Waals surface area contributed by atoms with Crippen molar-refractivity contribution in [2.45, 2.75) is 31.7 Å². The highest BCUT2D eigenvalue weighted by Crippen LogP contribution is 2.21. The Balaban J connectivity index is 0.00000243. The maximum Gasteiger partial charge on any atom is 0.256 e. The Morgan fingerprint density at radius 2 is 2.12 bits per heavy atom. The number of nitrogens with one attached hydrogen (secondary N) is 2. The van der Waals surface area contributed by atoms with Crippen molar-refractivity contribution in [2.24, 2.45) is 5.92 Å². The van der Waals surface area contributed by atoms with Gasteiger partial charge in [0, 0.05) is 24.7 Å². The third kappa shape index (κ3) is 5.09. The molecule has 1 aromatic rings. The standard InChI is InChI=1S/C18H23ClFN3O2.ClH/c19-13-5-6-15(20)14(9-13)18(25)23-8-2-3-12(11-23)10-22-17(24)16-4-1-7-21-16;/h5-6,9,12,16,21H,1-4,7-8,10-11H2,(H,22,24);1H. The number of piperidine rings is 1. The molecule has 0 aliphatic carbocycles.